The molecule has 2 heterocycles. The molecule has 3 nitrogen and oxygen atoms in total. The predicted molar refractivity (Wildman–Crippen MR) is 53.3 cm³/mol. The Labute approximate surface area is 82.6 Å². The number of fused-ring (bicyclic) bond motifs is 1. The maximum atomic E-state index is 11.5. The highest BCUT2D eigenvalue weighted by Gasteiger charge is 2.22. The molecule has 0 bridgehead atoms. The van der Waals surface area contributed by atoms with Gasteiger partial charge in [0.15, 0.2) is 5.69 Å². The van der Waals surface area contributed by atoms with E-state index in [-0.39, 0.29) is 5.78 Å². The van der Waals surface area contributed by atoms with Crippen LogP contribution in [-0.2, 0) is 7.05 Å². The van der Waals surface area contributed by atoms with E-state index in [9.17, 15) is 4.79 Å². The second kappa shape index (κ2) is 2.94. The van der Waals surface area contributed by atoms with Gasteiger partial charge in [0.05, 0.1) is 13.2 Å². The van der Waals surface area contributed by atoms with Crippen LogP contribution >= 0.6 is 0 Å². The molecule has 14 heavy (non-hydrogen) atoms. The van der Waals surface area contributed by atoms with Gasteiger partial charge in [0, 0.05) is 19.9 Å². The number of nitrogens with zero attached hydrogens (tertiary/aromatic N) is 2. The predicted octanol–water partition coefficient (Wildman–Crippen LogP) is 1.27. The molecule has 0 saturated heterocycles. The molecule has 0 aromatic carbocycles. The molecule has 0 radical (unpaired) electrons. The molecule has 2 aromatic heterocycles. The zero-order valence-corrected chi connectivity index (χ0v) is 8.61. The van der Waals surface area contributed by atoms with Crippen molar-refractivity contribution in [2.45, 2.75) is 13.8 Å². The number of aryl methyl sites for hydroxylation is 1. The lowest BCUT2D eigenvalue weighted by Crippen LogP contribution is -2.26. The van der Waals surface area contributed by atoms with Crippen LogP contribution in [0, 0.1) is 6.92 Å². The fourth-order valence-corrected chi connectivity index (χ4v) is 1.83. The quantitative estimate of drug-likeness (QED) is 0.490. The number of imidazole rings is 1. The topological polar surface area (TPSA) is 26.1 Å². The first-order chi connectivity index (χ1) is 6.63. The van der Waals surface area contributed by atoms with Crippen LogP contribution in [0.15, 0.2) is 24.4 Å². The summed E-state index contributed by atoms with van der Waals surface area (Å²) in [7, 11) is 1.97. The minimum atomic E-state index is 0.101. The Morgan fingerprint density at radius 1 is 1.43 bits per heavy atom. The molecule has 0 saturated carbocycles. The van der Waals surface area contributed by atoms with E-state index in [1.54, 1.807) is 6.92 Å². The molecule has 0 aliphatic rings. The van der Waals surface area contributed by atoms with Gasteiger partial charge in [0.1, 0.15) is 0 Å². The van der Waals surface area contributed by atoms with Crippen molar-refractivity contribution < 1.29 is 9.20 Å². The molecule has 3 heteroatoms. The van der Waals surface area contributed by atoms with Crippen LogP contribution in [0.25, 0.3) is 5.65 Å². The Kier molecular flexibility index (Phi) is 1.88. The van der Waals surface area contributed by atoms with Crippen LogP contribution in [0.4, 0.5) is 0 Å². The van der Waals surface area contributed by atoms with Crippen molar-refractivity contribution in [3.8, 4) is 0 Å². The second-order valence-electron chi connectivity index (χ2n) is 3.48. The Bertz CT molecular complexity index is 511. The Morgan fingerprint density at radius 3 is 2.79 bits per heavy atom. The van der Waals surface area contributed by atoms with Crippen LogP contribution in [-0.4, -0.2) is 10.4 Å². The van der Waals surface area contributed by atoms with Gasteiger partial charge in [-0.25, -0.2) is 4.57 Å². The van der Waals surface area contributed by atoms with Crippen molar-refractivity contribution in [2.24, 2.45) is 7.05 Å². The molecule has 2 rings (SSSR count). The van der Waals surface area contributed by atoms with Crippen molar-refractivity contribution in [1.29, 1.82) is 0 Å². The zero-order valence-electron chi connectivity index (χ0n) is 8.61. The summed E-state index contributed by atoms with van der Waals surface area (Å²) >= 11 is 0. The first kappa shape index (κ1) is 8.94. The molecular formula is C11H13N2O+. The van der Waals surface area contributed by atoms with E-state index in [0.717, 1.165) is 17.0 Å². The number of aromatic nitrogens is 2. The SMILES string of the molecule is CC(=O)c1c(C)n(C)c2cccc[n+]12. The second-order valence-corrected chi connectivity index (χ2v) is 3.48. The van der Waals surface area contributed by atoms with E-state index in [2.05, 4.69) is 0 Å². The zero-order chi connectivity index (χ0) is 10.3. The average Bonchev–Trinajstić information content (AvgIpc) is 2.41. The van der Waals surface area contributed by atoms with E-state index in [1.165, 1.54) is 0 Å². The maximum absolute atomic E-state index is 11.5. The van der Waals surface area contributed by atoms with Gasteiger partial charge in [-0.15, -0.1) is 0 Å². The summed E-state index contributed by atoms with van der Waals surface area (Å²) in [5.41, 5.74) is 2.81. The summed E-state index contributed by atoms with van der Waals surface area (Å²) in [5.74, 6) is 0.101. The summed E-state index contributed by atoms with van der Waals surface area (Å²) < 4.78 is 3.95. The Balaban J connectivity index is 2.95. The number of hydrogen-bond donors (Lipinski definition) is 0. The van der Waals surface area contributed by atoms with E-state index in [0.29, 0.717) is 0 Å². The van der Waals surface area contributed by atoms with Gasteiger partial charge >= 0.3 is 0 Å². The van der Waals surface area contributed by atoms with Crippen molar-refractivity contribution in [3.63, 3.8) is 0 Å². The van der Waals surface area contributed by atoms with Crippen molar-refractivity contribution in [2.75, 3.05) is 0 Å². The standard InChI is InChI=1S/C11H13N2O/c1-8-11(9(2)14)13-7-5-4-6-10(13)12(8)3/h4-7H,1-3H3/q+1. The van der Waals surface area contributed by atoms with Crippen LogP contribution in [0.5, 0.6) is 0 Å². The van der Waals surface area contributed by atoms with Crippen LogP contribution in [0.3, 0.4) is 0 Å². The third kappa shape index (κ3) is 1.05. The molecule has 0 fully saturated rings. The first-order valence-corrected chi connectivity index (χ1v) is 4.59. The lowest BCUT2D eigenvalue weighted by atomic mass is 10.2. The molecule has 2 aromatic rings. The molecule has 72 valence electrons. The van der Waals surface area contributed by atoms with Gasteiger partial charge in [-0.1, -0.05) is 6.07 Å². The Hall–Kier alpha value is -1.64. The lowest BCUT2D eigenvalue weighted by Gasteiger charge is -1.88. The van der Waals surface area contributed by atoms with Gasteiger partial charge in [-0.3, -0.25) is 4.79 Å². The minimum absolute atomic E-state index is 0.101. The highest BCUT2D eigenvalue weighted by molar-refractivity contribution is 5.92. The van der Waals surface area contributed by atoms with E-state index >= 15 is 0 Å². The van der Waals surface area contributed by atoms with Crippen LogP contribution in [0.1, 0.15) is 23.1 Å². The third-order valence-corrected chi connectivity index (χ3v) is 2.60. The number of rotatable bonds is 1. The largest absolute Gasteiger partial charge is 0.290 e. The van der Waals surface area contributed by atoms with E-state index < -0.39 is 0 Å². The highest BCUT2D eigenvalue weighted by atomic mass is 16.1. The monoisotopic (exact) mass is 189 g/mol. The van der Waals surface area contributed by atoms with Gasteiger partial charge in [0.2, 0.25) is 11.5 Å². The lowest BCUT2D eigenvalue weighted by molar-refractivity contribution is -0.513. The molecule has 0 aliphatic carbocycles. The van der Waals surface area contributed by atoms with Crippen molar-refractivity contribution in [3.05, 3.63) is 35.8 Å². The fraction of sp³-hybridized carbons (Fsp3) is 0.273. The van der Waals surface area contributed by atoms with E-state index in [1.807, 2.05) is 47.3 Å². The first-order valence-electron chi connectivity index (χ1n) is 4.59. The Morgan fingerprint density at radius 2 is 2.14 bits per heavy atom. The molecule has 0 N–H and O–H groups in total. The van der Waals surface area contributed by atoms with Gasteiger partial charge in [-0.2, -0.15) is 4.40 Å². The highest BCUT2D eigenvalue weighted by Crippen LogP contribution is 2.08. The number of pyridine rings is 1. The average molecular weight is 189 g/mol. The minimum Gasteiger partial charge on any atom is -0.290 e. The molecule has 0 unspecified atom stereocenters. The smallest absolute Gasteiger partial charge is 0.286 e. The molecule has 0 atom stereocenters. The van der Waals surface area contributed by atoms with Crippen LogP contribution in [0.2, 0.25) is 0 Å². The summed E-state index contributed by atoms with van der Waals surface area (Å²) in [6.07, 6.45) is 1.92. The fourth-order valence-electron chi connectivity index (χ4n) is 1.83. The number of carbonyl (C=O) groups excluding carboxylic acids is 1. The van der Waals surface area contributed by atoms with Crippen molar-refractivity contribution >= 4 is 11.4 Å². The number of Topliss-reactive ketones (excluding diaryl/α,β-unsaturated/α-hetero) is 1. The summed E-state index contributed by atoms with van der Waals surface area (Å²) in [6, 6.07) is 5.90. The molecule has 0 aliphatic heterocycles. The van der Waals surface area contributed by atoms with E-state index in [4.69, 9.17) is 0 Å². The third-order valence-electron chi connectivity index (χ3n) is 2.60. The number of carbonyl (C=O) groups is 1. The van der Waals surface area contributed by atoms with Gasteiger partial charge in [-0.05, 0) is 6.07 Å². The number of hydrogen-bond acceptors (Lipinski definition) is 1. The normalized spacial score (nSPS) is 10.8. The molecule has 0 amide bonds. The molecular weight excluding hydrogens is 176 g/mol. The summed E-state index contributed by atoms with van der Waals surface area (Å²) in [5, 5.41) is 0. The summed E-state index contributed by atoms with van der Waals surface area (Å²) in [6.45, 7) is 3.56. The van der Waals surface area contributed by atoms with Gasteiger partial charge < -0.3 is 0 Å². The summed E-state index contributed by atoms with van der Waals surface area (Å²) in [4.78, 5) is 11.5. The van der Waals surface area contributed by atoms with Gasteiger partial charge in [0.25, 0.3) is 5.65 Å². The van der Waals surface area contributed by atoms with Crippen LogP contribution < -0.4 is 4.40 Å². The molecule has 0 spiro atoms. The maximum Gasteiger partial charge on any atom is 0.286 e. The van der Waals surface area contributed by atoms with Crippen molar-refractivity contribution in [1.82, 2.24) is 4.57 Å². The number of ketones is 1.